The molecule has 3 aromatic heterocycles. The standard InChI is InChI=1S/C19H17ClN6O2/c1-26-10-12(6-24-26)19(27)23-7-13-3-11-4-15(20)14(5-16(11)25-13)17-8-22-18(28-2)9-21-17/h3-6,8-10,25H,7H2,1-2H3,(H,23,27). The fourth-order valence-corrected chi connectivity index (χ4v) is 3.15. The number of aromatic nitrogens is 5. The number of aryl methyl sites for hydroxylation is 1. The number of fused-ring (bicyclic) bond motifs is 1. The van der Waals surface area contributed by atoms with Crippen molar-refractivity contribution in [3.05, 3.63) is 59.3 Å². The molecule has 0 aliphatic carbocycles. The molecule has 0 aliphatic rings. The Morgan fingerprint density at radius 2 is 2.11 bits per heavy atom. The summed E-state index contributed by atoms with van der Waals surface area (Å²) in [5.74, 6) is 0.256. The SMILES string of the molecule is COc1cnc(-c2cc3[nH]c(CNC(=O)c4cnn(C)c4)cc3cc2Cl)cn1. The van der Waals surface area contributed by atoms with Crippen LogP contribution in [0.4, 0.5) is 0 Å². The number of benzene rings is 1. The van der Waals surface area contributed by atoms with Gasteiger partial charge < -0.3 is 15.0 Å². The first kappa shape index (κ1) is 18.0. The van der Waals surface area contributed by atoms with Crippen LogP contribution in [-0.4, -0.2) is 37.7 Å². The van der Waals surface area contributed by atoms with Crippen LogP contribution in [0.1, 0.15) is 16.1 Å². The molecule has 2 N–H and O–H groups in total. The van der Waals surface area contributed by atoms with E-state index >= 15 is 0 Å². The first-order chi connectivity index (χ1) is 13.5. The van der Waals surface area contributed by atoms with Crippen molar-refractivity contribution in [3.8, 4) is 17.1 Å². The molecule has 4 aromatic rings. The molecule has 0 saturated carbocycles. The lowest BCUT2D eigenvalue weighted by Crippen LogP contribution is -2.22. The minimum Gasteiger partial charge on any atom is -0.480 e. The number of hydrogen-bond acceptors (Lipinski definition) is 5. The van der Waals surface area contributed by atoms with Crippen molar-refractivity contribution >= 4 is 28.4 Å². The Balaban J connectivity index is 1.56. The van der Waals surface area contributed by atoms with Crippen LogP contribution in [0, 0.1) is 0 Å². The summed E-state index contributed by atoms with van der Waals surface area (Å²) >= 11 is 6.44. The third-order valence-electron chi connectivity index (χ3n) is 4.28. The lowest BCUT2D eigenvalue weighted by atomic mass is 10.1. The molecular weight excluding hydrogens is 380 g/mol. The van der Waals surface area contributed by atoms with Gasteiger partial charge in [-0.1, -0.05) is 11.6 Å². The number of amides is 1. The van der Waals surface area contributed by atoms with Gasteiger partial charge in [0.25, 0.3) is 5.91 Å². The zero-order valence-electron chi connectivity index (χ0n) is 15.2. The van der Waals surface area contributed by atoms with Crippen molar-refractivity contribution in [2.75, 3.05) is 7.11 Å². The van der Waals surface area contributed by atoms with Gasteiger partial charge in [-0.2, -0.15) is 5.10 Å². The molecule has 0 saturated heterocycles. The van der Waals surface area contributed by atoms with E-state index in [0.717, 1.165) is 22.2 Å². The number of hydrogen-bond donors (Lipinski definition) is 2. The maximum Gasteiger partial charge on any atom is 0.254 e. The van der Waals surface area contributed by atoms with Gasteiger partial charge in [0.1, 0.15) is 0 Å². The topological polar surface area (TPSA) is 97.7 Å². The first-order valence-electron chi connectivity index (χ1n) is 8.48. The highest BCUT2D eigenvalue weighted by Gasteiger charge is 2.12. The Bertz CT molecular complexity index is 1150. The molecule has 142 valence electrons. The molecule has 0 fully saturated rings. The lowest BCUT2D eigenvalue weighted by molar-refractivity contribution is 0.0950. The van der Waals surface area contributed by atoms with Gasteiger partial charge in [0, 0.05) is 35.4 Å². The van der Waals surface area contributed by atoms with Gasteiger partial charge >= 0.3 is 0 Å². The smallest absolute Gasteiger partial charge is 0.254 e. The summed E-state index contributed by atoms with van der Waals surface area (Å²) in [7, 11) is 3.30. The summed E-state index contributed by atoms with van der Waals surface area (Å²) in [6.07, 6.45) is 6.36. The average Bonchev–Trinajstić information content (AvgIpc) is 3.31. The van der Waals surface area contributed by atoms with Crippen molar-refractivity contribution in [3.63, 3.8) is 0 Å². The molecule has 0 aliphatic heterocycles. The number of nitrogens with zero attached hydrogens (tertiary/aromatic N) is 4. The van der Waals surface area contributed by atoms with Crippen LogP contribution in [-0.2, 0) is 13.6 Å². The molecule has 0 unspecified atom stereocenters. The molecular formula is C19H17ClN6O2. The number of halogens is 1. The van der Waals surface area contributed by atoms with Crippen molar-refractivity contribution in [1.82, 2.24) is 30.0 Å². The van der Waals surface area contributed by atoms with Crippen LogP contribution in [0.25, 0.3) is 22.2 Å². The molecule has 0 radical (unpaired) electrons. The molecule has 3 heterocycles. The van der Waals surface area contributed by atoms with Crippen LogP contribution in [0.3, 0.4) is 0 Å². The number of nitrogens with one attached hydrogen (secondary N) is 2. The molecule has 0 bridgehead atoms. The second-order valence-electron chi connectivity index (χ2n) is 6.24. The second-order valence-corrected chi connectivity index (χ2v) is 6.65. The Kier molecular flexibility index (Phi) is 4.70. The van der Waals surface area contributed by atoms with Gasteiger partial charge in [0.15, 0.2) is 0 Å². The van der Waals surface area contributed by atoms with Crippen molar-refractivity contribution in [1.29, 1.82) is 0 Å². The van der Waals surface area contributed by atoms with Crippen LogP contribution < -0.4 is 10.1 Å². The number of rotatable bonds is 5. The van der Waals surface area contributed by atoms with Gasteiger partial charge in [0.2, 0.25) is 5.88 Å². The van der Waals surface area contributed by atoms with Crippen LogP contribution in [0.15, 0.2) is 43.0 Å². The number of carbonyl (C=O) groups is 1. The highest BCUT2D eigenvalue weighted by Crippen LogP contribution is 2.31. The molecule has 8 nitrogen and oxygen atoms in total. The molecule has 1 aromatic carbocycles. The maximum absolute atomic E-state index is 12.2. The van der Waals surface area contributed by atoms with Gasteiger partial charge in [-0.15, -0.1) is 0 Å². The predicted molar refractivity (Wildman–Crippen MR) is 105 cm³/mol. The quantitative estimate of drug-likeness (QED) is 0.540. The fraction of sp³-hybridized carbons (Fsp3) is 0.158. The molecule has 0 spiro atoms. The van der Waals surface area contributed by atoms with E-state index in [2.05, 4.69) is 25.4 Å². The van der Waals surface area contributed by atoms with E-state index < -0.39 is 0 Å². The lowest BCUT2D eigenvalue weighted by Gasteiger charge is -2.05. The third-order valence-corrected chi connectivity index (χ3v) is 4.60. The van der Waals surface area contributed by atoms with E-state index in [9.17, 15) is 4.79 Å². The van der Waals surface area contributed by atoms with Crippen LogP contribution in [0.5, 0.6) is 5.88 Å². The molecule has 9 heteroatoms. The van der Waals surface area contributed by atoms with Crippen molar-refractivity contribution in [2.24, 2.45) is 7.05 Å². The van der Waals surface area contributed by atoms with Gasteiger partial charge in [0.05, 0.1) is 48.5 Å². The number of ether oxygens (including phenoxy) is 1. The summed E-state index contributed by atoms with van der Waals surface area (Å²) in [5.41, 5.74) is 3.68. The summed E-state index contributed by atoms with van der Waals surface area (Å²) < 4.78 is 6.62. The highest BCUT2D eigenvalue weighted by atomic mass is 35.5. The zero-order chi connectivity index (χ0) is 19.7. The van der Waals surface area contributed by atoms with Crippen LogP contribution in [0.2, 0.25) is 5.02 Å². The number of H-pyrrole nitrogens is 1. The van der Waals surface area contributed by atoms with E-state index in [1.165, 1.54) is 13.3 Å². The molecule has 1 amide bonds. The summed E-state index contributed by atoms with van der Waals surface area (Å²) in [5, 5.41) is 8.38. The Labute approximate surface area is 165 Å². The van der Waals surface area contributed by atoms with E-state index in [1.54, 1.807) is 30.3 Å². The number of aromatic amines is 1. The van der Waals surface area contributed by atoms with E-state index in [4.69, 9.17) is 16.3 Å². The Hall–Kier alpha value is -3.39. The van der Waals surface area contributed by atoms with E-state index in [0.29, 0.717) is 28.7 Å². The van der Waals surface area contributed by atoms with Gasteiger partial charge in [-0.25, -0.2) is 9.97 Å². The van der Waals surface area contributed by atoms with Crippen molar-refractivity contribution < 1.29 is 9.53 Å². The molecule has 4 rings (SSSR count). The second kappa shape index (κ2) is 7.32. The maximum atomic E-state index is 12.2. The zero-order valence-corrected chi connectivity index (χ0v) is 16.0. The van der Waals surface area contributed by atoms with Crippen molar-refractivity contribution in [2.45, 2.75) is 6.54 Å². The Morgan fingerprint density at radius 1 is 1.25 bits per heavy atom. The largest absolute Gasteiger partial charge is 0.480 e. The predicted octanol–water partition coefficient (Wildman–Crippen LogP) is 2.95. The van der Waals surface area contributed by atoms with Gasteiger partial charge in [-0.05, 0) is 18.2 Å². The van der Waals surface area contributed by atoms with E-state index in [1.807, 2.05) is 18.2 Å². The summed E-state index contributed by atoms with van der Waals surface area (Å²) in [6.45, 7) is 0.359. The van der Waals surface area contributed by atoms with Crippen LogP contribution >= 0.6 is 11.6 Å². The third kappa shape index (κ3) is 3.54. The minimum atomic E-state index is -0.181. The van der Waals surface area contributed by atoms with E-state index in [-0.39, 0.29) is 5.91 Å². The molecule has 0 atom stereocenters. The highest BCUT2D eigenvalue weighted by molar-refractivity contribution is 6.34. The summed E-state index contributed by atoms with van der Waals surface area (Å²) in [6, 6.07) is 5.73. The Morgan fingerprint density at radius 3 is 2.79 bits per heavy atom. The normalized spacial score (nSPS) is 11.0. The summed E-state index contributed by atoms with van der Waals surface area (Å²) in [4.78, 5) is 24.0. The fourth-order valence-electron chi connectivity index (χ4n) is 2.88. The molecule has 28 heavy (non-hydrogen) atoms. The number of carbonyl (C=O) groups excluding carboxylic acids is 1. The monoisotopic (exact) mass is 396 g/mol. The number of methoxy groups -OCH3 is 1. The minimum absolute atomic E-state index is 0.181. The average molecular weight is 397 g/mol. The first-order valence-corrected chi connectivity index (χ1v) is 8.85. The van der Waals surface area contributed by atoms with Gasteiger partial charge in [-0.3, -0.25) is 9.48 Å².